The first kappa shape index (κ1) is 12.3. The van der Waals surface area contributed by atoms with E-state index in [4.69, 9.17) is 0 Å². The number of imidazole rings is 1. The summed E-state index contributed by atoms with van der Waals surface area (Å²) in [6.45, 7) is 1.83. The predicted molar refractivity (Wildman–Crippen MR) is 74.3 cm³/mol. The van der Waals surface area contributed by atoms with Crippen molar-refractivity contribution in [3.63, 3.8) is 0 Å². The van der Waals surface area contributed by atoms with Crippen LogP contribution in [0.2, 0.25) is 0 Å². The zero-order chi connectivity index (χ0) is 14.1. The number of halogens is 1. The van der Waals surface area contributed by atoms with Gasteiger partial charge in [-0.3, -0.25) is 4.79 Å². The number of pyridine rings is 1. The van der Waals surface area contributed by atoms with Crippen LogP contribution in [-0.4, -0.2) is 15.3 Å². The number of fused-ring (bicyclic) bond motifs is 1. The lowest BCUT2D eigenvalue weighted by Crippen LogP contribution is -2.12. The number of aromatic nitrogens is 2. The van der Waals surface area contributed by atoms with Crippen molar-refractivity contribution in [2.45, 2.75) is 6.92 Å². The first-order chi connectivity index (χ1) is 9.65. The van der Waals surface area contributed by atoms with Crippen molar-refractivity contribution in [1.29, 1.82) is 0 Å². The summed E-state index contributed by atoms with van der Waals surface area (Å²) in [6, 6.07) is 11.2. The highest BCUT2D eigenvalue weighted by Crippen LogP contribution is 2.15. The average Bonchev–Trinajstić information content (AvgIpc) is 2.79. The molecule has 0 unspecified atom stereocenters. The number of carbonyl (C=O) groups is 1. The zero-order valence-electron chi connectivity index (χ0n) is 10.8. The summed E-state index contributed by atoms with van der Waals surface area (Å²) in [5.74, 6) is 0.0875. The van der Waals surface area contributed by atoms with Gasteiger partial charge in [0, 0.05) is 11.9 Å². The highest BCUT2D eigenvalue weighted by molar-refractivity contribution is 6.07. The van der Waals surface area contributed by atoms with Crippen LogP contribution in [0.15, 0.2) is 48.7 Å². The quantitative estimate of drug-likeness (QED) is 0.777. The number of hydrogen-bond acceptors (Lipinski definition) is 2. The van der Waals surface area contributed by atoms with Gasteiger partial charge in [-0.05, 0) is 43.3 Å². The average molecular weight is 269 g/mol. The van der Waals surface area contributed by atoms with Crippen LogP contribution in [-0.2, 0) is 0 Å². The van der Waals surface area contributed by atoms with Crippen LogP contribution >= 0.6 is 0 Å². The molecule has 1 N–H and O–H groups in total. The Morgan fingerprint density at radius 2 is 1.95 bits per heavy atom. The van der Waals surface area contributed by atoms with Gasteiger partial charge in [-0.2, -0.15) is 0 Å². The van der Waals surface area contributed by atoms with E-state index in [1.54, 1.807) is 0 Å². The molecule has 3 rings (SSSR count). The van der Waals surface area contributed by atoms with E-state index in [0.717, 1.165) is 11.3 Å². The number of aryl methyl sites for hydroxylation is 1. The lowest BCUT2D eigenvalue weighted by molar-refractivity contribution is 0.102. The van der Waals surface area contributed by atoms with Crippen molar-refractivity contribution in [2.24, 2.45) is 0 Å². The second-order valence-corrected chi connectivity index (χ2v) is 4.42. The highest BCUT2D eigenvalue weighted by atomic mass is 19.1. The normalized spacial score (nSPS) is 10.7. The molecule has 0 radical (unpaired) electrons. The minimum atomic E-state index is -0.341. The number of anilines is 1. The molecule has 0 spiro atoms. The van der Waals surface area contributed by atoms with Crippen LogP contribution < -0.4 is 5.32 Å². The maximum Gasteiger partial charge on any atom is 0.276 e. The number of rotatable bonds is 2. The van der Waals surface area contributed by atoms with Gasteiger partial charge in [0.05, 0.1) is 5.52 Å². The molecule has 2 heterocycles. The third kappa shape index (κ3) is 2.14. The summed E-state index contributed by atoms with van der Waals surface area (Å²) < 4.78 is 14.7. The number of nitrogens with zero attached hydrogens (tertiary/aromatic N) is 2. The molecular formula is C15H12FN3O. The topological polar surface area (TPSA) is 46.4 Å². The molecule has 0 bridgehead atoms. The Morgan fingerprint density at radius 3 is 2.70 bits per heavy atom. The Bertz CT molecular complexity index is 777. The van der Waals surface area contributed by atoms with E-state index < -0.39 is 0 Å². The lowest BCUT2D eigenvalue weighted by Gasteiger charge is -2.03. The van der Waals surface area contributed by atoms with E-state index in [-0.39, 0.29) is 11.7 Å². The molecule has 0 aliphatic heterocycles. The van der Waals surface area contributed by atoms with Gasteiger partial charge in [0.2, 0.25) is 0 Å². The van der Waals surface area contributed by atoms with Gasteiger partial charge in [-0.15, -0.1) is 0 Å². The molecule has 0 fully saturated rings. The van der Waals surface area contributed by atoms with Crippen LogP contribution in [0, 0.1) is 12.7 Å². The van der Waals surface area contributed by atoms with E-state index in [2.05, 4.69) is 10.3 Å². The van der Waals surface area contributed by atoms with E-state index in [0.29, 0.717) is 11.4 Å². The fourth-order valence-electron chi connectivity index (χ4n) is 2.08. The molecule has 0 atom stereocenters. The van der Waals surface area contributed by atoms with Crippen LogP contribution in [0.4, 0.5) is 10.1 Å². The van der Waals surface area contributed by atoms with Gasteiger partial charge in [-0.25, -0.2) is 9.37 Å². The predicted octanol–water partition coefficient (Wildman–Crippen LogP) is 3.03. The maximum absolute atomic E-state index is 12.8. The van der Waals surface area contributed by atoms with E-state index in [1.165, 1.54) is 24.3 Å². The van der Waals surface area contributed by atoms with Crippen molar-refractivity contribution < 1.29 is 9.18 Å². The van der Waals surface area contributed by atoms with Crippen molar-refractivity contribution >= 4 is 17.1 Å². The fourth-order valence-corrected chi connectivity index (χ4v) is 2.08. The molecule has 5 heteroatoms. The molecule has 100 valence electrons. The van der Waals surface area contributed by atoms with Gasteiger partial charge in [0.1, 0.15) is 11.6 Å². The SMILES string of the molecule is Cc1nc(C(=O)Nc2ccc(F)cc2)c2ccccn12. The molecular weight excluding hydrogens is 257 g/mol. The van der Waals surface area contributed by atoms with Crippen molar-refractivity contribution in [1.82, 2.24) is 9.38 Å². The number of carbonyl (C=O) groups excluding carboxylic acids is 1. The molecule has 20 heavy (non-hydrogen) atoms. The Morgan fingerprint density at radius 1 is 1.20 bits per heavy atom. The molecule has 0 aliphatic rings. The van der Waals surface area contributed by atoms with Crippen LogP contribution in [0.5, 0.6) is 0 Å². The summed E-state index contributed by atoms with van der Waals surface area (Å²) in [5.41, 5.74) is 1.63. The fraction of sp³-hybridized carbons (Fsp3) is 0.0667. The van der Waals surface area contributed by atoms with Gasteiger partial charge >= 0.3 is 0 Å². The number of hydrogen-bond donors (Lipinski definition) is 1. The second kappa shape index (κ2) is 4.77. The molecule has 1 amide bonds. The summed E-state index contributed by atoms with van der Waals surface area (Å²) in [4.78, 5) is 16.5. The monoisotopic (exact) mass is 269 g/mol. The maximum atomic E-state index is 12.8. The summed E-state index contributed by atoms with van der Waals surface area (Å²) >= 11 is 0. The van der Waals surface area contributed by atoms with E-state index >= 15 is 0 Å². The first-order valence-electron chi connectivity index (χ1n) is 6.16. The highest BCUT2D eigenvalue weighted by Gasteiger charge is 2.15. The van der Waals surface area contributed by atoms with Crippen LogP contribution in [0.25, 0.3) is 5.52 Å². The number of benzene rings is 1. The Balaban J connectivity index is 1.95. The van der Waals surface area contributed by atoms with Gasteiger partial charge < -0.3 is 9.72 Å². The Kier molecular flexibility index (Phi) is 2.95. The number of nitrogens with one attached hydrogen (secondary N) is 1. The minimum Gasteiger partial charge on any atom is -0.321 e. The number of amides is 1. The molecule has 2 aromatic heterocycles. The smallest absolute Gasteiger partial charge is 0.276 e. The van der Waals surface area contributed by atoms with E-state index in [1.807, 2.05) is 35.7 Å². The Labute approximate surface area is 114 Å². The first-order valence-corrected chi connectivity index (χ1v) is 6.16. The molecule has 0 saturated carbocycles. The van der Waals surface area contributed by atoms with Crippen LogP contribution in [0.3, 0.4) is 0 Å². The zero-order valence-corrected chi connectivity index (χ0v) is 10.8. The third-order valence-corrected chi connectivity index (χ3v) is 3.04. The minimum absolute atomic E-state index is 0.312. The Hall–Kier alpha value is -2.69. The lowest BCUT2D eigenvalue weighted by atomic mass is 10.2. The van der Waals surface area contributed by atoms with Crippen molar-refractivity contribution in [3.8, 4) is 0 Å². The standard InChI is InChI=1S/C15H12FN3O/c1-10-17-14(13-4-2-3-9-19(10)13)15(20)18-12-7-5-11(16)6-8-12/h2-9H,1H3,(H,18,20). The third-order valence-electron chi connectivity index (χ3n) is 3.04. The molecule has 0 aliphatic carbocycles. The van der Waals surface area contributed by atoms with Gasteiger partial charge in [0.15, 0.2) is 5.69 Å². The molecule has 1 aromatic carbocycles. The largest absolute Gasteiger partial charge is 0.321 e. The van der Waals surface area contributed by atoms with Gasteiger partial charge in [0.25, 0.3) is 5.91 Å². The molecule has 0 saturated heterocycles. The van der Waals surface area contributed by atoms with Gasteiger partial charge in [-0.1, -0.05) is 6.07 Å². The van der Waals surface area contributed by atoms with Crippen molar-refractivity contribution in [2.75, 3.05) is 5.32 Å². The molecule has 3 aromatic rings. The summed E-state index contributed by atoms with van der Waals surface area (Å²) in [7, 11) is 0. The molecule has 4 nitrogen and oxygen atoms in total. The van der Waals surface area contributed by atoms with Crippen molar-refractivity contribution in [3.05, 3.63) is 66.0 Å². The van der Waals surface area contributed by atoms with E-state index in [9.17, 15) is 9.18 Å². The second-order valence-electron chi connectivity index (χ2n) is 4.42. The summed E-state index contributed by atoms with van der Waals surface area (Å²) in [5, 5.41) is 2.71. The van der Waals surface area contributed by atoms with Crippen LogP contribution in [0.1, 0.15) is 16.3 Å². The summed E-state index contributed by atoms with van der Waals surface area (Å²) in [6.07, 6.45) is 1.85.